The summed E-state index contributed by atoms with van der Waals surface area (Å²) >= 11 is 4.88. The topological polar surface area (TPSA) is 36.4 Å². The van der Waals surface area contributed by atoms with Crippen LogP contribution in [0.15, 0.2) is 52.3 Å². The summed E-state index contributed by atoms with van der Waals surface area (Å²) in [6.45, 7) is 3.50. The van der Waals surface area contributed by atoms with Crippen molar-refractivity contribution >= 4 is 68.5 Å². The number of aromatic nitrogens is 1. The van der Waals surface area contributed by atoms with Crippen molar-refractivity contribution in [3.63, 3.8) is 0 Å². The summed E-state index contributed by atoms with van der Waals surface area (Å²) in [5, 5.41) is 0.782. The average molecular weight is 468 g/mol. The predicted octanol–water partition coefficient (Wildman–Crippen LogP) is 5.44. The highest BCUT2D eigenvalue weighted by Gasteiger charge is 2.20. The van der Waals surface area contributed by atoms with Crippen molar-refractivity contribution in [2.24, 2.45) is 0 Å². The number of nitrogens with zero attached hydrogens (tertiary/aromatic N) is 3. The van der Waals surface area contributed by atoms with Crippen molar-refractivity contribution in [3.8, 4) is 0 Å². The first-order chi connectivity index (χ1) is 13.5. The fourth-order valence-electron chi connectivity index (χ4n) is 2.62. The minimum atomic E-state index is 0. The fourth-order valence-corrected chi connectivity index (χ4v) is 4.96. The Kier molecular flexibility index (Phi) is 9.30. The van der Waals surface area contributed by atoms with Crippen molar-refractivity contribution in [2.75, 3.05) is 44.1 Å². The number of fused-ring (bicyclic) bond motifs is 1. The molecule has 0 aliphatic heterocycles. The van der Waals surface area contributed by atoms with E-state index in [1.165, 1.54) is 10.5 Å². The summed E-state index contributed by atoms with van der Waals surface area (Å²) < 4.78 is 1.12. The molecule has 0 spiro atoms. The Bertz CT molecular complexity index is 944. The Morgan fingerprint density at radius 3 is 2.41 bits per heavy atom. The Hall–Kier alpha value is -1.25. The first kappa shape index (κ1) is 24.0. The molecule has 0 aliphatic rings. The fraction of sp³-hybridized carbons (Fsp3) is 0.333. The molecule has 0 saturated carbocycles. The van der Waals surface area contributed by atoms with E-state index in [-0.39, 0.29) is 18.3 Å². The summed E-state index contributed by atoms with van der Waals surface area (Å²) in [7, 11) is 4.04. The van der Waals surface area contributed by atoms with Gasteiger partial charge in [-0.05, 0) is 57.6 Å². The number of halogens is 1. The summed E-state index contributed by atoms with van der Waals surface area (Å²) in [6, 6.07) is 14.6. The van der Waals surface area contributed by atoms with Gasteiger partial charge in [-0.1, -0.05) is 29.0 Å². The van der Waals surface area contributed by atoms with Gasteiger partial charge in [0.15, 0.2) is 5.13 Å². The Morgan fingerprint density at radius 2 is 1.76 bits per heavy atom. The van der Waals surface area contributed by atoms with Gasteiger partial charge in [-0.15, -0.1) is 35.9 Å². The SMILES string of the molecule is CSc1ccc2nc(N(CCN(C)C)C(=O)CSc3ccc(C)cc3)sc2c1.Cl. The molecular weight excluding hydrogens is 442 g/mol. The summed E-state index contributed by atoms with van der Waals surface area (Å²) in [4.78, 5) is 24.0. The standard InChI is InChI=1S/C21H25N3OS3.ClH/c1-15-5-7-16(8-6-15)27-14-20(25)24(12-11-23(2)3)21-22-18-10-9-17(26-4)13-19(18)28-21;/h5-10,13H,11-12,14H2,1-4H3;1H. The van der Waals surface area contributed by atoms with Gasteiger partial charge in [-0.2, -0.15) is 0 Å². The van der Waals surface area contributed by atoms with Gasteiger partial charge in [-0.25, -0.2) is 4.98 Å². The largest absolute Gasteiger partial charge is 0.308 e. The van der Waals surface area contributed by atoms with E-state index in [1.54, 1.807) is 34.9 Å². The molecule has 0 fully saturated rings. The third-order valence-corrected chi connectivity index (χ3v) is 7.03. The molecule has 2 aromatic carbocycles. The Labute approximate surface area is 191 Å². The zero-order valence-electron chi connectivity index (χ0n) is 17.0. The number of thioether (sulfide) groups is 2. The molecule has 3 aromatic rings. The first-order valence-electron chi connectivity index (χ1n) is 9.05. The summed E-state index contributed by atoms with van der Waals surface area (Å²) in [5.74, 6) is 0.499. The molecule has 0 atom stereocenters. The van der Waals surface area contributed by atoms with Crippen LogP contribution in [-0.2, 0) is 4.79 Å². The van der Waals surface area contributed by atoms with Crippen LogP contribution in [0.25, 0.3) is 10.2 Å². The highest BCUT2D eigenvalue weighted by molar-refractivity contribution is 8.00. The van der Waals surface area contributed by atoms with Gasteiger partial charge in [0.1, 0.15) is 0 Å². The van der Waals surface area contributed by atoms with E-state index in [1.807, 2.05) is 25.1 Å². The van der Waals surface area contributed by atoms with Crippen LogP contribution in [0.5, 0.6) is 0 Å². The maximum atomic E-state index is 13.0. The van der Waals surface area contributed by atoms with Crippen molar-refractivity contribution < 1.29 is 4.79 Å². The molecule has 1 heterocycles. The molecule has 29 heavy (non-hydrogen) atoms. The van der Waals surface area contributed by atoms with Gasteiger partial charge in [0.25, 0.3) is 0 Å². The third kappa shape index (κ3) is 6.62. The maximum Gasteiger partial charge on any atom is 0.239 e. The minimum Gasteiger partial charge on any atom is -0.308 e. The molecule has 1 amide bonds. The van der Waals surface area contributed by atoms with Crippen LogP contribution in [0.3, 0.4) is 0 Å². The molecular formula is C21H26ClN3OS3. The van der Waals surface area contributed by atoms with E-state index in [0.717, 1.165) is 26.8 Å². The highest BCUT2D eigenvalue weighted by Crippen LogP contribution is 2.32. The lowest BCUT2D eigenvalue weighted by Crippen LogP contribution is -2.37. The second-order valence-corrected chi connectivity index (χ2v) is 9.72. The van der Waals surface area contributed by atoms with Gasteiger partial charge in [-0.3, -0.25) is 9.69 Å². The number of likely N-dealkylation sites (N-methyl/N-ethyl adjacent to an activating group) is 1. The van der Waals surface area contributed by atoms with Crippen molar-refractivity contribution in [1.29, 1.82) is 0 Å². The second-order valence-electron chi connectivity index (χ2n) is 6.78. The maximum absolute atomic E-state index is 13.0. The molecule has 0 N–H and O–H groups in total. The molecule has 156 valence electrons. The lowest BCUT2D eigenvalue weighted by molar-refractivity contribution is -0.116. The summed E-state index contributed by atoms with van der Waals surface area (Å²) in [5.41, 5.74) is 2.18. The number of anilines is 1. The molecule has 4 nitrogen and oxygen atoms in total. The molecule has 8 heteroatoms. The molecule has 1 aromatic heterocycles. The van der Waals surface area contributed by atoms with Gasteiger partial charge < -0.3 is 4.90 Å². The number of carbonyl (C=O) groups excluding carboxylic acids is 1. The van der Waals surface area contributed by atoms with E-state index in [4.69, 9.17) is 4.98 Å². The van der Waals surface area contributed by atoms with Crippen LogP contribution in [0, 0.1) is 6.92 Å². The van der Waals surface area contributed by atoms with E-state index in [9.17, 15) is 4.79 Å². The number of aryl methyl sites for hydroxylation is 1. The highest BCUT2D eigenvalue weighted by atomic mass is 35.5. The van der Waals surface area contributed by atoms with Crippen LogP contribution >= 0.6 is 47.3 Å². The van der Waals surface area contributed by atoms with Crippen LogP contribution < -0.4 is 4.90 Å². The van der Waals surface area contributed by atoms with E-state index >= 15 is 0 Å². The normalized spacial score (nSPS) is 10.9. The minimum absolute atomic E-state index is 0. The number of benzene rings is 2. The lowest BCUT2D eigenvalue weighted by Gasteiger charge is -2.21. The quantitative estimate of drug-likeness (QED) is 0.412. The average Bonchev–Trinajstić information content (AvgIpc) is 3.10. The lowest BCUT2D eigenvalue weighted by atomic mass is 10.2. The van der Waals surface area contributed by atoms with Crippen molar-refractivity contribution in [2.45, 2.75) is 16.7 Å². The van der Waals surface area contributed by atoms with Crippen LogP contribution in [0.2, 0.25) is 0 Å². The number of thiazole rings is 1. The van der Waals surface area contributed by atoms with Gasteiger partial charge in [0, 0.05) is 22.9 Å². The van der Waals surface area contributed by atoms with Gasteiger partial charge >= 0.3 is 0 Å². The number of hydrogen-bond acceptors (Lipinski definition) is 6. The van der Waals surface area contributed by atoms with Gasteiger partial charge in [0.2, 0.25) is 5.91 Å². The first-order valence-corrected chi connectivity index (χ1v) is 12.1. The molecule has 0 saturated heterocycles. The van der Waals surface area contributed by atoms with Crippen molar-refractivity contribution in [1.82, 2.24) is 9.88 Å². The van der Waals surface area contributed by atoms with Gasteiger partial charge in [0.05, 0.1) is 16.0 Å². The smallest absolute Gasteiger partial charge is 0.239 e. The van der Waals surface area contributed by atoms with E-state index < -0.39 is 0 Å². The van der Waals surface area contributed by atoms with E-state index in [2.05, 4.69) is 54.5 Å². The second kappa shape index (κ2) is 11.2. The zero-order valence-corrected chi connectivity index (χ0v) is 20.3. The number of hydrogen-bond donors (Lipinski definition) is 0. The molecule has 0 aliphatic carbocycles. The Morgan fingerprint density at radius 1 is 1.07 bits per heavy atom. The van der Waals surface area contributed by atoms with Crippen LogP contribution in [0.4, 0.5) is 5.13 Å². The summed E-state index contributed by atoms with van der Waals surface area (Å²) in [6.07, 6.45) is 2.07. The number of carbonyl (C=O) groups is 1. The van der Waals surface area contributed by atoms with Crippen LogP contribution in [-0.4, -0.2) is 55.0 Å². The predicted molar refractivity (Wildman–Crippen MR) is 131 cm³/mol. The molecule has 0 bridgehead atoms. The van der Waals surface area contributed by atoms with Crippen molar-refractivity contribution in [3.05, 3.63) is 48.0 Å². The number of rotatable bonds is 8. The monoisotopic (exact) mass is 467 g/mol. The molecule has 0 unspecified atom stereocenters. The number of amides is 1. The molecule has 0 radical (unpaired) electrons. The Balaban J connectivity index is 0.00000300. The third-order valence-electron chi connectivity index (χ3n) is 4.27. The molecule has 3 rings (SSSR count). The van der Waals surface area contributed by atoms with Crippen LogP contribution in [0.1, 0.15) is 5.56 Å². The van der Waals surface area contributed by atoms with E-state index in [0.29, 0.717) is 12.3 Å². The zero-order chi connectivity index (χ0) is 20.1.